The molecule has 86 valence electrons. The van der Waals surface area contributed by atoms with E-state index in [-0.39, 0.29) is 17.4 Å². The van der Waals surface area contributed by atoms with Gasteiger partial charge in [0.15, 0.2) is 0 Å². The number of carbonyl (C=O) groups is 3. The molecule has 1 rings (SSSR count). The summed E-state index contributed by atoms with van der Waals surface area (Å²) in [6.07, 6.45) is 2.48. The van der Waals surface area contributed by atoms with Crippen molar-refractivity contribution in [3.8, 4) is 0 Å². The van der Waals surface area contributed by atoms with Crippen LogP contribution in [-0.2, 0) is 14.4 Å². The molecule has 0 aromatic rings. The van der Waals surface area contributed by atoms with Crippen LogP contribution in [0.2, 0.25) is 0 Å². The second kappa shape index (κ2) is 8.28. The van der Waals surface area contributed by atoms with Gasteiger partial charge in [-0.25, -0.2) is 0 Å². The molecule has 6 heteroatoms. The van der Waals surface area contributed by atoms with Crippen LogP contribution in [0.1, 0.15) is 12.8 Å². The first-order chi connectivity index (χ1) is 7.15. The quantitative estimate of drug-likeness (QED) is 0.500. The van der Waals surface area contributed by atoms with Gasteiger partial charge < -0.3 is 10.6 Å². The molecule has 1 atom stereocenters. The lowest BCUT2D eigenvalue weighted by Gasteiger charge is -2.03. The number of amides is 2. The Labute approximate surface area is 93.4 Å². The first kappa shape index (κ1) is 14.0. The minimum atomic E-state index is -0.588. The van der Waals surface area contributed by atoms with Gasteiger partial charge in [0.2, 0.25) is 12.2 Å². The summed E-state index contributed by atoms with van der Waals surface area (Å²) in [7, 11) is 3.10. The van der Waals surface area contributed by atoms with Crippen LogP contribution in [0.15, 0.2) is 0 Å². The Hall–Kier alpha value is -1.04. The molecule has 2 amide bonds. The largest absolute Gasteiger partial charge is 0.358 e. The maximum absolute atomic E-state index is 10.9. The van der Waals surface area contributed by atoms with Crippen LogP contribution in [0.3, 0.4) is 0 Å². The summed E-state index contributed by atoms with van der Waals surface area (Å²) in [4.78, 5) is 29.9. The maximum Gasteiger partial charge on any atom is 0.283 e. The summed E-state index contributed by atoms with van der Waals surface area (Å²) in [5.41, 5.74) is 0. The summed E-state index contributed by atoms with van der Waals surface area (Å²) in [5.74, 6) is 0.755. The molecule has 2 N–H and O–H groups in total. The van der Waals surface area contributed by atoms with Crippen LogP contribution in [0, 0.1) is 0 Å². The molecular weight excluding hydrogens is 216 g/mol. The van der Waals surface area contributed by atoms with Gasteiger partial charge in [0.25, 0.3) is 5.91 Å². The molecule has 1 saturated heterocycles. The minimum Gasteiger partial charge on any atom is -0.358 e. The fraction of sp³-hybridized carbons (Fsp3) is 0.667. The average molecular weight is 232 g/mol. The van der Waals surface area contributed by atoms with Crippen LogP contribution in [-0.4, -0.2) is 43.2 Å². The molecule has 5 nitrogen and oxygen atoms in total. The van der Waals surface area contributed by atoms with Crippen LogP contribution in [0.4, 0.5) is 0 Å². The SMILES string of the molecule is CNC(=O)C1CCCS1.CNC(=O)C=O. The predicted octanol–water partition coefficient (Wildman–Crippen LogP) is -0.441. The van der Waals surface area contributed by atoms with E-state index in [0.29, 0.717) is 0 Å². The summed E-state index contributed by atoms with van der Waals surface area (Å²) >= 11 is 1.76. The van der Waals surface area contributed by atoms with E-state index in [9.17, 15) is 14.4 Å². The Balaban J connectivity index is 0.000000288. The topological polar surface area (TPSA) is 75.3 Å². The van der Waals surface area contributed by atoms with Crippen LogP contribution in [0.25, 0.3) is 0 Å². The first-order valence-corrected chi connectivity index (χ1v) is 5.70. The molecule has 1 aliphatic heterocycles. The van der Waals surface area contributed by atoms with E-state index in [0.717, 1.165) is 12.2 Å². The molecule has 0 aromatic carbocycles. The number of thioether (sulfide) groups is 1. The lowest BCUT2D eigenvalue weighted by atomic mass is 10.2. The van der Waals surface area contributed by atoms with E-state index >= 15 is 0 Å². The van der Waals surface area contributed by atoms with E-state index in [4.69, 9.17) is 0 Å². The number of aldehydes is 1. The van der Waals surface area contributed by atoms with Gasteiger partial charge >= 0.3 is 0 Å². The molecule has 0 radical (unpaired) electrons. The molecule has 1 aliphatic rings. The lowest BCUT2D eigenvalue weighted by Crippen LogP contribution is -2.27. The van der Waals surface area contributed by atoms with E-state index < -0.39 is 5.91 Å². The standard InChI is InChI=1S/C6H11NOS.C3H5NO2/c1-7-6(8)5-3-2-4-9-5;1-4-3(6)2-5/h5H,2-4H2,1H3,(H,7,8);2H,1H3,(H,4,6). The first-order valence-electron chi connectivity index (χ1n) is 4.65. The Morgan fingerprint density at radius 2 is 2.00 bits per heavy atom. The van der Waals surface area contributed by atoms with Crippen molar-refractivity contribution >= 4 is 29.9 Å². The zero-order valence-corrected chi connectivity index (χ0v) is 9.73. The van der Waals surface area contributed by atoms with E-state index in [1.807, 2.05) is 0 Å². The molecule has 1 heterocycles. The number of hydrogen-bond donors (Lipinski definition) is 2. The second-order valence-corrected chi connectivity index (χ2v) is 4.16. The van der Waals surface area contributed by atoms with Crippen molar-refractivity contribution in [3.05, 3.63) is 0 Å². The van der Waals surface area contributed by atoms with Crippen molar-refractivity contribution in [2.75, 3.05) is 19.8 Å². The van der Waals surface area contributed by atoms with Crippen molar-refractivity contribution in [1.82, 2.24) is 10.6 Å². The summed E-state index contributed by atoms with van der Waals surface area (Å²) in [5, 5.41) is 5.00. The van der Waals surface area contributed by atoms with E-state index in [1.165, 1.54) is 13.5 Å². The molecule has 0 aromatic heterocycles. The Bertz CT molecular complexity index is 227. The highest BCUT2D eigenvalue weighted by Gasteiger charge is 2.21. The molecular formula is C9H16N2O3S. The van der Waals surface area contributed by atoms with Gasteiger partial charge in [-0.3, -0.25) is 14.4 Å². The van der Waals surface area contributed by atoms with Crippen LogP contribution in [0.5, 0.6) is 0 Å². The molecule has 0 aliphatic carbocycles. The summed E-state index contributed by atoms with van der Waals surface area (Å²) in [6.45, 7) is 0. The number of hydrogen-bond acceptors (Lipinski definition) is 4. The second-order valence-electron chi connectivity index (χ2n) is 2.85. The third-order valence-electron chi connectivity index (χ3n) is 1.82. The Morgan fingerprint density at radius 1 is 1.33 bits per heavy atom. The Morgan fingerprint density at radius 3 is 2.27 bits per heavy atom. The van der Waals surface area contributed by atoms with Gasteiger partial charge in [-0.05, 0) is 18.6 Å². The van der Waals surface area contributed by atoms with E-state index in [2.05, 4.69) is 10.6 Å². The maximum atomic E-state index is 10.9. The molecule has 1 unspecified atom stereocenters. The highest BCUT2D eigenvalue weighted by atomic mass is 32.2. The van der Waals surface area contributed by atoms with Crippen molar-refractivity contribution in [3.63, 3.8) is 0 Å². The van der Waals surface area contributed by atoms with Crippen LogP contribution >= 0.6 is 11.8 Å². The molecule has 1 fully saturated rings. The molecule has 0 spiro atoms. The van der Waals surface area contributed by atoms with Gasteiger partial charge in [-0.15, -0.1) is 11.8 Å². The van der Waals surface area contributed by atoms with Gasteiger partial charge in [0.05, 0.1) is 5.25 Å². The zero-order chi connectivity index (χ0) is 11.7. The molecule has 15 heavy (non-hydrogen) atoms. The van der Waals surface area contributed by atoms with E-state index in [1.54, 1.807) is 18.8 Å². The molecule has 0 bridgehead atoms. The monoisotopic (exact) mass is 232 g/mol. The van der Waals surface area contributed by atoms with Crippen molar-refractivity contribution in [2.45, 2.75) is 18.1 Å². The van der Waals surface area contributed by atoms with Crippen molar-refractivity contribution in [2.24, 2.45) is 0 Å². The molecule has 0 saturated carbocycles. The van der Waals surface area contributed by atoms with Crippen molar-refractivity contribution < 1.29 is 14.4 Å². The normalized spacial score (nSPS) is 18.4. The number of carbonyl (C=O) groups excluding carboxylic acids is 3. The van der Waals surface area contributed by atoms with Gasteiger partial charge in [0, 0.05) is 14.1 Å². The lowest BCUT2D eigenvalue weighted by molar-refractivity contribution is -0.130. The predicted molar refractivity (Wildman–Crippen MR) is 59.7 cm³/mol. The fourth-order valence-corrected chi connectivity index (χ4v) is 2.22. The van der Waals surface area contributed by atoms with Crippen LogP contribution < -0.4 is 10.6 Å². The highest BCUT2D eigenvalue weighted by Crippen LogP contribution is 2.25. The van der Waals surface area contributed by atoms with Crippen molar-refractivity contribution in [1.29, 1.82) is 0 Å². The highest BCUT2D eigenvalue weighted by molar-refractivity contribution is 8.00. The van der Waals surface area contributed by atoms with Gasteiger partial charge in [-0.1, -0.05) is 0 Å². The van der Waals surface area contributed by atoms with Gasteiger partial charge in [0.1, 0.15) is 0 Å². The minimum absolute atomic E-state index is 0.192. The third-order valence-corrected chi connectivity index (χ3v) is 3.20. The number of rotatable bonds is 2. The smallest absolute Gasteiger partial charge is 0.283 e. The number of nitrogens with one attached hydrogen (secondary N) is 2. The average Bonchev–Trinajstić information content (AvgIpc) is 2.81. The summed E-state index contributed by atoms with van der Waals surface area (Å²) < 4.78 is 0. The number of likely N-dealkylation sites (N-methyl/N-ethyl adjacent to an activating group) is 1. The summed E-state index contributed by atoms with van der Waals surface area (Å²) in [6, 6.07) is 0. The Kier molecular flexibility index (Phi) is 7.71. The third kappa shape index (κ3) is 6.11. The fourth-order valence-electron chi connectivity index (χ4n) is 1.00. The van der Waals surface area contributed by atoms with Gasteiger partial charge in [-0.2, -0.15) is 0 Å². The zero-order valence-electron chi connectivity index (χ0n) is 8.91.